The first-order valence-corrected chi connectivity index (χ1v) is 8.58. The minimum absolute atomic E-state index is 0.594. The molecule has 0 atom stereocenters. The second kappa shape index (κ2) is 5.54. The quantitative estimate of drug-likeness (QED) is 0.802. The second-order valence-corrected chi connectivity index (χ2v) is 6.85. The number of hydrogen-bond donors (Lipinski definition) is 1. The van der Waals surface area contributed by atoms with Crippen molar-refractivity contribution in [1.29, 1.82) is 0 Å². The number of aromatic nitrogens is 2. The summed E-state index contributed by atoms with van der Waals surface area (Å²) in [7, 11) is 0. The van der Waals surface area contributed by atoms with Crippen LogP contribution in [0.3, 0.4) is 0 Å². The van der Waals surface area contributed by atoms with E-state index >= 15 is 0 Å². The van der Waals surface area contributed by atoms with Gasteiger partial charge in [-0.05, 0) is 38.6 Å². The molecule has 6 heteroatoms. The molecule has 1 aliphatic rings. The molecule has 0 radical (unpaired) electrons. The maximum Gasteiger partial charge on any atom is 0.194 e. The molecule has 0 aliphatic carbocycles. The Balaban J connectivity index is 1.92. The molecule has 0 saturated heterocycles. The normalized spacial score (nSPS) is 13.7. The summed E-state index contributed by atoms with van der Waals surface area (Å²) in [5.74, 6) is 1.62. The molecule has 2 N–H and O–H groups in total. The van der Waals surface area contributed by atoms with Crippen molar-refractivity contribution < 1.29 is 9.47 Å². The van der Waals surface area contributed by atoms with Crippen LogP contribution in [0.25, 0.3) is 16.2 Å². The van der Waals surface area contributed by atoms with E-state index in [1.807, 2.05) is 13.0 Å². The van der Waals surface area contributed by atoms with Crippen molar-refractivity contribution in [3.05, 3.63) is 34.5 Å². The van der Waals surface area contributed by atoms with E-state index in [2.05, 4.69) is 23.5 Å². The summed E-state index contributed by atoms with van der Waals surface area (Å²) in [6, 6.07) is 6.13. The maximum absolute atomic E-state index is 5.79. The molecule has 0 unspecified atom stereocenters. The predicted octanol–water partition coefficient (Wildman–Crippen LogP) is 2.95. The zero-order chi connectivity index (χ0) is 16.0. The highest BCUT2D eigenvalue weighted by molar-refractivity contribution is 7.17. The molecule has 3 aromatic rings. The van der Waals surface area contributed by atoms with Gasteiger partial charge < -0.3 is 15.2 Å². The van der Waals surface area contributed by atoms with Gasteiger partial charge in [0.05, 0.1) is 11.4 Å². The van der Waals surface area contributed by atoms with E-state index in [1.54, 1.807) is 11.3 Å². The van der Waals surface area contributed by atoms with E-state index in [0.717, 1.165) is 34.1 Å². The van der Waals surface area contributed by atoms with E-state index in [1.165, 1.54) is 16.3 Å². The molecule has 0 fully saturated rings. The maximum atomic E-state index is 5.79. The Labute approximate surface area is 138 Å². The van der Waals surface area contributed by atoms with E-state index < -0.39 is 0 Å². The largest absolute Gasteiger partial charge is 0.486 e. The van der Waals surface area contributed by atoms with Crippen LogP contribution < -0.4 is 15.2 Å². The van der Waals surface area contributed by atoms with Crippen LogP contribution in [0.4, 0.5) is 0 Å². The molecule has 120 valence electrons. The zero-order valence-electron chi connectivity index (χ0n) is 13.3. The monoisotopic (exact) mass is 329 g/mol. The lowest BCUT2D eigenvalue weighted by Crippen LogP contribution is -2.15. The predicted molar refractivity (Wildman–Crippen MR) is 91.7 cm³/mol. The fourth-order valence-electron chi connectivity index (χ4n) is 3.13. The number of ether oxygens (including phenoxy) is 2. The van der Waals surface area contributed by atoms with Gasteiger partial charge in [-0.1, -0.05) is 0 Å². The first-order valence-electron chi connectivity index (χ1n) is 7.76. The highest BCUT2D eigenvalue weighted by Gasteiger charge is 2.20. The van der Waals surface area contributed by atoms with Crippen molar-refractivity contribution in [1.82, 2.24) is 9.38 Å². The first-order chi connectivity index (χ1) is 11.2. The van der Waals surface area contributed by atoms with Gasteiger partial charge in [-0.25, -0.2) is 4.98 Å². The van der Waals surface area contributed by atoms with Gasteiger partial charge in [0.15, 0.2) is 16.5 Å². The van der Waals surface area contributed by atoms with Gasteiger partial charge in [0, 0.05) is 22.6 Å². The molecular weight excluding hydrogens is 310 g/mol. The minimum Gasteiger partial charge on any atom is -0.486 e. The fourth-order valence-corrected chi connectivity index (χ4v) is 4.18. The van der Waals surface area contributed by atoms with Crippen molar-refractivity contribution >= 4 is 16.3 Å². The molecule has 23 heavy (non-hydrogen) atoms. The second-order valence-electron chi connectivity index (χ2n) is 5.67. The van der Waals surface area contributed by atoms with Crippen LogP contribution in [0.5, 0.6) is 11.5 Å². The summed E-state index contributed by atoms with van der Waals surface area (Å²) in [4.78, 5) is 6.96. The Bertz CT molecular complexity index is 882. The van der Waals surface area contributed by atoms with Gasteiger partial charge in [-0.15, -0.1) is 11.3 Å². The van der Waals surface area contributed by atoms with E-state index in [-0.39, 0.29) is 0 Å². The van der Waals surface area contributed by atoms with Crippen molar-refractivity contribution in [3.63, 3.8) is 0 Å². The Morgan fingerprint density at radius 2 is 2.00 bits per heavy atom. The van der Waals surface area contributed by atoms with Crippen molar-refractivity contribution in [2.45, 2.75) is 20.3 Å². The molecule has 0 bridgehead atoms. The van der Waals surface area contributed by atoms with Crippen molar-refractivity contribution in [2.24, 2.45) is 5.73 Å². The van der Waals surface area contributed by atoms with Crippen LogP contribution in [0.2, 0.25) is 0 Å². The summed E-state index contributed by atoms with van der Waals surface area (Å²) in [5, 5.41) is 0. The van der Waals surface area contributed by atoms with Gasteiger partial charge in [-0.3, -0.25) is 4.40 Å². The Kier molecular flexibility index (Phi) is 3.50. The number of imidazole rings is 1. The van der Waals surface area contributed by atoms with E-state index in [0.29, 0.717) is 19.8 Å². The minimum atomic E-state index is 0.594. The van der Waals surface area contributed by atoms with Gasteiger partial charge in [0.2, 0.25) is 0 Å². The Morgan fingerprint density at radius 3 is 2.78 bits per heavy atom. The SMILES string of the molecule is Cc1nc2sc(C)c(-c3ccc4c(c3)OCCO4)n2c1CCN. The van der Waals surface area contributed by atoms with E-state index in [4.69, 9.17) is 20.2 Å². The zero-order valence-corrected chi connectivity index (χ0v) is 14.1. The molecule has 0 spiro atoms. The number of hydrogen-bond acceptors (Lipinski definition) is 5. The number of benzene rings is 1. The Morgan fingerprint density at radius 1 is 1.22 bits per heavy atom. The first kappa shape index (κ1) is 14.5. The van der Waals surface area contributed by atoms with Crippen molar-refractivity contribution in [2.75, 3.05) is 19.8 Å². The third-order valence-corrected chi connectivity index (χ3v) is 5.10. The summed E-state index contributed by atoms with van der Waals surface area (Å²) in [6.07, 6.45) is 0.820. The summed E-state index contributed by atoms with van der Waals surface area (Å²) in [6.45, 7) is 6.00. The molecule has 3 heterocycles. The number of rotatable bonds is 3. The van der Waals surface area contributed by atoms with Crippen LogP contribution in [-0.2, 0) is 6.42 Å². The summed E-state index contributed by atoms with van der Waals surface area (Å²) in [5.41, 5.74) is 10.3. The molecule has 5 nitrogen and oxygen atoms in total. The standard InChI is InChI=1S/C17H19N3O2S/c1-10-13(5-6-18)20-16(11(2)23-17(20)19-10)12-3-4-14-15(9-12)22-8-7-21-14/h3-4,9H,5-8,18H2,1-2H3. The third kappa shape index (κ3) is 2.29. The number of nitrogens with two attached hydrogens (primary N) is 1. The van der Waals surface area contributed by atoms with Crippen LogP contribution >= 0.6 is 11.3 Å². The highest BCUT2D eigenvalue weighted by atomic mass is 32.1. The summed E-state index contributed by atoms with van der Waals surface area (Å²) < 4.78 is 13.6. The number of nitrogens with zero attached hydrogens (tertiary/aromatic N) is 2. The molecule has 1 aliphatic heterocycles. The topological polar surface area (TPSA) is 61.8 Å². The number of fused-ring (bicyclic) bond motifs is 2. The lowest BCUT2D eigenvalue weighted by Gasteiger charge is -2.19. The molecule has 0 saturated carbocycles. The molecule has 4 rings (SSSR count). The van der Waals surface area contributed by atoms with Crippen LogP contribution in [0, 0.1) is 13.8 Å². The lowest BCUT2D eigenvalue weighted by atomic mass is 10.1. The highest BCUT2D eigenvalue weighted by Crippen LogP contribution is 2.38. The van der Waals surface area contributed by atoms with Crippen LogP contribution in [0.15, 0.2) is 18.2 Å². The molecule has 0 amide bonds. The average Bonchev–Trinajstić information content (AvgIpc) is 3.02. The van der Waals surface area contributed by atoms with Crippen LogP contribution in [0.1, 0.15) is 16.3 Å². The summed E-state index contributed by atoms with van der Waals surface area (Å²) >= 11 is 1.71. The van der Waals surface area contributed by atoms with Gasteiger partial charge in [0.25, 0.3) is 0 Å². The van der Waals surface area contributed by atoms with E-state index in [9.17, 15) is 0 Å². The number of aryl methyl sites for hydroxylation is 2. The average molecular weight is 329 g/mol. The van der Waals surface area contributed by atoms with Gasteiger partial charge in [0.1, 0.15) is 13.2 Å². The lowest BCUT2D eigenvalue weighted by molar-refractivity contribution is 0.171. The van der Waals surface area contributed by atoms with Gasteiger partial charge >= 0.3 is 0 Å². The molecule has 2 aromatic heterocycles. The van der Waals surface area contributed by atoms with Gasteiger partial charge in [-0.2, -0.15) is 0 Å². The molecular formula is C17H19N3O2S. The smallest absolute Gasteiger partial charge is 0.194 e. The fraction of sp³-hybridized carbons (Fsp3) is 0.353. The van der Waals surface area contributed by atoms with Crippen molar-refractivity contribution in [3.8, 4) is 22.8 Å². The third-order valence-electron chi connectivity index (χ3n) is 4.14. The Hall–Kier alpha value is -2.05. The number of thiazole rings is 1. The van der Waals surface area contributed by atoms with Crippen LogP contribution in [-0.4, -0.2) is 29.1 Å². The molecule has 1 aromatic carbocycles.